The first-order valence-electron chi connectivity index (χ1n) is 10.5. The van der Waals surface area contributed by atoms with Crippen molar-refractivity contribution in [1.29, 1.82) is 0 Å². The topological polar surface area (TPSA) is 46.3 Å². The minimum Gasteiger partial charge on any atom is -0.338 e. The highest BCUT2D eigenvalue weighted by Crippen LogP contribution is 2.29. The van der Waals surface area contributed by atoms with Crippen LogP contribution in [0.15, 0.2) is 42.5 Å². The first-order valence-corrected chi connectivity index (χ1v) is 11.3. The molecular formula is C25H30N2OS. The lowest BCUT2D eigenvalue weighted by atomic mass is 9.90. The second-order valence-corrected chi connectivity index (χ2v) is 9.90. The maximum Gasteiger partial charge on any atom is 0.254 e. The smallest absolute Gasteiger partial charge is 0.254 e. The lowest BCUT2D eigenvalue weighted by molar-refractivity contribution is 0.0726. The lowest BCUT2D eigenvalue weighted by Gasteiger charge is -2.33. The summed E-state index contributed by atoms with van der Waals surface area (Å²) in [5.74, 6) is 0.162. The SMILES string of the molecule is Cc1ccc2c(c1C)CCN(CCC(C)(N)CCc1cc3ccccc3s1)C2=O. The lowest BCUT2D eigenvalue weighted by Crippen LogP contribution is -2.44. The van der Waals surface area contributed by atoms with E-state index < -0.39 is 0 Å². The Morgan fingerprint density at radius 2 is 1.93 bits per heavy atom. The predicted molar refractivity (Wildman–Crippen MR) is 123 cm³/mol. The maximum absolute atomic E-state index is 13.0. The molecule has 152 valence electrons. The van der Waals surface area contributed by atoms with Crippen LogP contribution in [0.4, 0.5) is 0 Å². The van der Waals surface area contributed by atoms with Gasteiger partial charge in [-0.3, -0.25) is 4.79 Å². The molecule has 1 aliphatic heterocycles. The zero-order valence-electron chi connectivity index (χ0n) is 17.6. The van der Waals surface area contributed by atoms with Gasteiger partial charge in [-0.1, -0.05) is 24.3 Å². The van der Waals surface area contributed by atoms with E-state index in [1.807, 2.05) is 22.3 Å². The third-order valence-corrected chi connectivity index (χ3v) is 7.57. The minimum atomic E-state index is -0.278. The summed E-state index contributed by atoms with van der Waals surface area (Å²) in [5.41, 5.74) is 11.0. The van der Waals surface area contributed by atoms with Crippen molar-refractivity contribution in [3.63, 3.8) is 0 Å². The monoisotopic (exact) mass is 406 g/mol. The molecule has 1 atom stereocenters. The molecule has 4 heteroatoms. The van der Waals surface area contributed by atoms with Gasteiger partial charge in [0.15, 0.2) is 0 Å². The number of aryl methyl sites for hydroxylation is 2. The van der Waals surface area contributed by atoms with Crippen LogP contribution in [0, 0.1) is 13.8 Å². The number of carbonyl (C=O) groups excluding carboxylic acids is 1. The molecule has 2 heterocycles. The number of nitrogens with two attached hydrogens (primary N) is 1. The molecule has 29 heavy (non-hydrogen) atoms. The number of amides is 1. The van der Waals surface area contributed by atoms with Gasteiger partial charge in [0.25, 0.3) is 5.91 Å². The zero-order valence-corrected chi connectivity index (χ0v) is 18.4. The molecule has 3 nitrogen and oxygen atoms in total. The Labute approximate surface area is 177 Å². The van der Waals surface area contributed by atoms with Crippen molar-refractivity contribution >= 4 is 27.3 Å². The molecule has 0 saturated heterocycles. The van der Waals surface area contributed by atoms with Crippen LogP contribution >= 0.6 is 11.3 Å². The summed E-state index contributed by atoms with van der Waals surface area (Å²) < 4.78 is 1.34. The van der Waals surface area contributed by atoms with Gasteiger partial charge in [-0.2, -0.15) is 0 Å². The van der Waals surface area contributed by atoms with Crippen LogP contribution in [0.3, 0.4) is 0 Å². The number of fused-ring (bicyclic) bond motifs is 2. The number of carbonyl (C=O) groups is 1. The van der Waals surface area contributed by atoms with E-state index in [1.165, 1.54) is 31.7 Å². The Kier molecular flexibility index (Phi) is 5.50. The zero-order chi connectivity index (χ0) is 20.6. The summed E-state index contributed by atoms with van der Waals surface area (Å²) in [5, 5.41) is 1.31. The van der Waals surface area contributed by atoms with E-state index >= 15 is 0 Å². The molecular weight excluding hydrogens is 376 g/mol. The van der Waals surface area contributed by atoms with E-state index in [1.54, 1.807) is 0 Å². The van der Waals surface area contributed by atoms with E-state index in [0.717, 1.165) is 44.3 Å². The molecule has 1 aromatic heterocycles. The fraction of sp³-hybridized carbons (Fsp3) is 0.400. The second kappa shape index (κ2) is 7.92. The molecule has 2 aromatic carbocycles. The Morgan fingerprint density at radius 1 is 1.14 bits per heavy atom. The van der Waals surface area contributed by atoms with Gasteiger partial charge in [0.1, 0.15) is 0 Å². The van der Waals surface area contributed by atoms with Gasteiger partial charge in [0.05, 0.1) is 0 Å². The molecule has 0 bridgehead atoms. The van der Waals surface area contributed by atoms with E-state index in [4.69, 9.17) is 5.73 Å². The van der Waals surface area contributed by atoms with E-state index in [2.05, 4.69) is 57.2 Å². The molecule has 2 N–H and O–H groups in total. The van der Waals surface area contributed by atoms with Crippen LogP contribution in [-0.2, 0) is 12.8 Å². The summed E-state index contributed by atoms with van der Waals surface area (Å²) >= 11 is 1.86. The van der Waals surface area contributed by atoms with Crippen LogP contribution in [-0.4, -0.2) is 29.4 Å². The van der Waals surface area contributed by atoms with Gasteiger partial charge in [-0.15, -0.1) is 11.3 Å². The normalized spacial score (nSPS) is 16.1. The summed E-state index contributed by atoms with van der Waals surface area (Å²) in [4.78, 5) is 16.3. The Bertz CT molecular complexity index is 1020. The first-order chi connectivity index (χ1) is 13.8. The number of thiophene rings is 1. The average molecular weight is 407 g/mol. The van der Waals surface area contributed by atoms with Crippen LogP contribution in [0.1, 0.15) is 51.7 Å². The third kappa shape index (κ3) is 4.24. The van der Waals surface area contributed by atoms with Crippen molar-refractivity contribution in [3.8, 4) is 0 Å². The van der Waals surface area contributed by atoms with Crippen LogP contribution < -0.4 is 5.73 Å². The fourth-order valence-electron chi connectivity index (χ4n) is 4.21. The molecule has 0 fully saturated rings. The highest BCUT2D eigenvalue weighted by atomic mass is 32.1. The van der Waals surface area contributed by atoms with E-state index in [9.17, 15) is 4.79 Å². The first kappa shape index (κ1) is 20.1. The standard InChI is InChI=1S/C25H30N2OS/c1-17-8-9-22-21(18(17)2)11-14-27(24(22)28)15-13-25(3,26)12-10-20-16-19-6-4-5-7-23(19)29-20/h4-9,16H,10-15,26H2,1-3H3. The summed E-state index contributed by atoms with van der Waals surface area (Å²) in [7, 11) is 0. The van der Waals surface area contributed by atoms with E-state index in [0.29, 0.717) is 0 Å². The largest absolute Gasteiger partial charge is 0.338 e. The molecule has 1 aliphatic rings. The van der Waals surface area contributed by atoms with Gasteiger partial charge in [-0.05, 0) is 86.7 Å². The molecule has 0 spiro atoms. The highest BCUT2D eigenvalue weighted by molar-refractivity contribution is 7.19. The third-order valence-electron chi connectivity index (χ3n) is 6.39. The van der Waals surface area contributed by atoms with Crippen LogP contribution in [0.5, 0.6) is 0 Å². The van der Waals surface area contributed by atoms with E-state index in [-0.39, 0.29) is 11.4 Å². The number of benzene rings is 2. The molecule has 0 saturated carbocycles. The predicted octanol–water partition coefficient (Wildman–Crippen LogP) is 5.26. The number of nitrogens with zero attached hydrogens (tertiary/aromatic N) is 1. The molecule has 4 rings (SSSR count). The van der Waals surface area contributed by atoms with Crippen molar-refractivity contribution in [2.24, 2.45) is 5.73 Å². The molecule has 0 radical (unpaired) electrons. The number of rotatable bonds is 6. The quantitative estimate of drug-likeness (QED) is 0.607. The highest BCUT2D eigenvalue weighted by Gasteiger charge is 2.28. The minimum absolute atomic E-state index is 0.162. The van der Waals surface area contributed by atoms with Gasteiger partial charge in [0.2, 0.25) is 0 Å². The number of hydrogen-bond donors (Lipinski definition) is 1. The second-order valence-electron chi connectivity index (χ2n) is 8.73. The molecule has 3 aromatic rings. The van der Waals surface area contributed by atoms with Crippen LogP contribution in [0.2, 0.25) is 0 Å². The van der Waals surface area contributed by atoms with Gasteiger partial charge in [0, 0.05) is 33.8 Å². The fourth-order valence-corrected chi connectivity index (χ4v) is 5.28. The van der Waals surface area contributed by atoms with Crippen molar-refractivity contribution in [3.05, 3.63) is 69.6 Å². The Morgan fingerprint density at radius 3 is 2.72 bits per heavy atom. The van der Waals surface area contributed by atoms with Gasteiger partial charge < -0.3 is 10.6 Å². The summed E-state index contributed by atoms with van der Waals surface area (Å²) in [6, 6.07) is 14.9. The Balaban J connectivity index is 1.36. The average Bonchev–Trinajstić information content (AvgIpc) is 3.12. The van der Waals surface area contributed by atoms with Gasteiger partial charge in [-0.25, -0.2) is 0 Å². The van der Waals surface area contributed by atoms with Crippen molar-refractivity contribution in [1.82, 2.24) is 4.90 Å². The summed E-state index contributed by atoms with van der Waals surface area (Å²) in [6.07, 6.45) is 3.68. The van der Waals surface area contributed by atoms with Crippen molar-refractivity contribution < 1.29 is 4.79 Å². The van der Waals surface area contributed by atoms with Crippen LogP contribution in [0.25, 0.3) is 10.1 Å². The molecule has 1 unspecified atom stereocenters. The summed E-state index contributed by atoms with van der Waals surface area (Å²) in [6.45, 7) is 7.88. The van der Waals surface area contributed by atoms with Gasteiger partial charge >= 0.3 is 0 Å². The van der Waals surface area contributed by atoms with Crippen molar-refractivity contribution in [2.45, 2.75) is 52.0 Å². The Hall–Kier alpha value is -2.17. The maximum atomic E-state index is 13.0. The molecule has 0 aliphatic carbocycles. The van der Waals surface area contributed by atoms with Crippen molar-refractivity contribution in [2.75, 3.05) is 13.1 Å². The number of hydrogen-bond acceptors (Lipinski definition) is 3. The molecule has 1 amide bonds.